The van der Waals surface area contributed by atoms with E-state index in [0.29, 0.717) is 24.4 Å². The Morgan fingerprint density at radius 2 is 1.91 bits per heavy atom. The van der Waals surface area contributed by atoms with Gasteiger partial charge in [0, 0.05) is 20.0 Å². The molecule has 3 atom stereocenters. The van der Waals surface area contributed by atoms with Crippen LogP contribution in [0, 0.1) is 5.92 Å². The molecule has 1 aliphatic rings. The van der Waals surface area contributed by atoms with Crippen molar-refractivity contribution in [3.05, 3.63) is 58.0 Å². The minimum Gasteiger partial charge on any atom is -0.461 e. The molecular formula is C26H32BrNO7. The van der Waals surface area contributed by atoms with E-state index in [1.54, 1.807) is 13.0 Å². The number of hydrogen-bond acceptors (Lipinski definition) is 7. The summed E-state index contributed by atoms with van der Waals surface area (Å²) in [5.41, 5.74) is 0.983. The monoisotopic (exact) mass is 549 g/mol. The lowest BCUT2D eigenvalue weighted by molar-refractivity contribution is -0.154. The van der Waals surface area contributed by atoms with E-state index in [1.807, 2.05) is 30.3 Å². The van der Waals surface area contributed by atoms with Crippen molar-refractivity contribution in [3.8, 4) is 0 Å². The Morgan fingerprint density at radius 1 is 1.20 bits per heavy atom. The van der Waals surface area contributed by atoms with Gasteiger partial charge in [-0.25, -0.2) is 9.69 Å². The fourth-order valence-electron chi connectivity index (χ4n) is 4.19. The zero-order valence-electron chi connectivity index (χ0n) is 20.1. The number of hydrogen-bond donors (Lipinski definition) is 1. The molecule has 1 N–H and O–H groups in total. The van der Waals surface area contributed by atoms with Gasteiger partial charge in [-0.3, -0.25) is 9.59 Å². The molecule has 1 aromatic carbocycles. The van der Waals surface area contributed by atoms with Crippen LogP contribution >= 0.6 is 15.9 Å². The van der Waals surface area contributed by atoms with E-state index in [4.69, 9.17) is 19.0 Å². The van der Waals surface area contributed by atoms with Crippen LogP contribution in [0.4, 0.5) is 4.79 Å². The first-order chi connectivity index (χ1) is 16.8. The number of aliphatic hydroxyl groups is 1. The standard InChI is InChI=1S/C26H32BrNO7/c1-17(25(31)28-20(16-33-26(28)32)14-19-10-6-5-7-11-19)24(34-18(2)30)23-15-21(27)22(35-23)12-8-3-4-9-13-29/h5-7,10-11,15,17,20,24,29H,3-4,8-9,12-14,16H2,1-2H3. The first-order valence-electron chi connectivity index (χ1n) is 11.9. The van der Waals surface area contributed by atoms with Gasteiger partial charge in [-0.2, -0.15) is 0 Å². The normalized spacial score (nSPS) is 17.2. The number of amides is 2. The van der Waals surface area contributed by atoms with Gasteiger partial charge in [0.05, 0.1) is 16.4 Å². The number of carbonyl (C=O) groups excluding carboxylic acids is 3. The molecule has 0 saturated carbocycles. The summed E-state index contributed by atoms with van der Waals surface area (Å²) in [7, 11) is 0. The Bertz CT molecular complexity index is 1010. The maximum atomic E-state index is 13.5. The third kappa shape index (κ3) is 7.18. The molecule has 8 nitrogen and oxygen atoms in total. The number of aryl methyl sites for hydroxylation is 1. The van der Waals surface area contributed by atoms with Crippen LogP contribution in [0.5, 0.6) is 0 Å². The van der Waals surface area contributed by atoms with Crippen LogP contribution in [0.15, 0.2) is 45.3 Å². The molecule has 9 heteroatoms. The van der Waals surface area contributed by atoms with Crippen LogP contribution in [0.3, 0.4) is 0 Å². The third-order valence-corrected chi connectivity index (χ3v) is 6.69. The minimum absolute atomic E-state index is 0.108. The molecule has 3 rings (SSSR count). The lowest BCUT2D eigenvalue weighted by Crippen LogP contribution is -2.44. The number of unbranched alkanes of at least 4 members (excludes halogenated alkanes) is 3. The number of ether oxygens (including phenoxy) is 2. The van der Waals surface area contributed by atoms with E-state index in [1.165, 1.54) is 6.92 Å². The van der Waals surface area contributed by atoms with Crippen molar-refractivity contribution in [2.24, 2.45) is 5.92 Å². The number of furan rings is 1. The topological polar surface area (TPSA) is 106 Å². The van der Waals surface area contributed by atoms with Gasteiger partial charge in [-0.05, 0) is 53.7 Å². The molecule has 1 aromatic heterocycles. The van der Waals surface area contributed by atoms with Crippen molar-refractivity contribution in [3.63, 3.8) is 0 Å². The first-order valence-corrected chi connectivity index (χ1v) is 12.7. The Kier molecular flexibility index (Phi) is 9.92. The largest absolute Gasteiger partial charge is 0.461 e. The summed E-state index contributed by atoms with van der Waals surface area (Å²) < 4.78 is 17.4. The van der Waals surface area contributed by atoms with E-state index in [9.17, 15) is 14.4 Å². The van der Waals surface area contributed by atoms with Crippen molar-refractivity contribution in [1.82, 2.24) is 4.90 Å². The highest BCUT2D eigenvalue weighted by molar-refractivity contribution is 9.10. The molecule has 1 aliphatic heterocycles. The molecule has 1 fully saturated rings. The van der Waals surface area contributed by atoms with E-state index in [-0.39, 0.29) is 13.2 Å². The lowest BCUT2D eigenvalue weighted by atomic mass is 9.98. The summed E-state index contributed by atoms with van der Waals surface area (Å²) in [5.74, 6) is -0.887. The summed E-state index contributed by atoms with van der Waals surface area (Å²) in [6.45, 7) is 3.18. The highest BCUT2D eigenvalue weighted by Crippen LogP contribution is 2.35. The molecule has 0 spiro atoms. The summed E-state index contributed by atoms with van der Waals surface area (Å²) in [6.07, 6.45) is 2.96. The fourth-order valence-corrected chi connectivity index (χ4v) is 4.69. The van der Waals surface area contributed by atoms with E-state index in [0.717, 1.165) is 40.6 Å². The van der Waals surface area contributed by atoms with Crippen molar-refractivity contribution in [1.29, 1.82) is 0 Å². The Hall–Kier alpha value is -2.65. The molecule has 0 bridgehead atoms. The van der Waals surface area contributed by atoms with Crippen LogP contribution in [-0.2, 0) is 31.9 Å². The van der Waals surface area contributed by atoms with E-state index in [2.05, 4.69) is 15.9 Å². The molecule has 3 unspecified atom stereocenters. The summed E-state index contributed by atoms with van der Waals surface area (Å²) in [4.78, 5) is 39.0. The van der Waals surface area contributed by atoms with Crippen LogP contribution in [0.2, 0.25) is 0 Å². The van der Waals surface area contributed by atoms with Crippen LogP contribution < -0.4 is 0 Å². The number of cyclic esters (lactones) is 1. The second-order valence-corrected chi connectivity index (χ2v) is 9.61. The number of benzene rings is 1. The zero-order valence-corrected chi connectivity index (χ0v) is 21.7. The van der Waals surface area contributed by atoms with Gasteiger partial charge in [0.25, 0.3) is 0 Å². The Morgan fingerprint density at radius 3 is 2.60 bits per heavy atom. The minimum atomic E-state index is -0.995. The SMILES string of the molecule is CC(=O)OC(c1cc(Br)c(CCCCCCO)o1)C(C)C(=O)N1C(=O)OCC1Cc1ccccc1. The number of esters is 1. The second-order valence-electron chi connectivity index (χ2n) is 8.76. The third-order valence-electron chi connectivity index (χ3n) is 6.02. The number of rotatable bonds is 12. The summed E-state index contributed by atoms with van der Waals surface area (Å²) in [5, 5.41) is 8.92. The smallest absolute Gasteiger partial charge is 0.416 e. The average molecular weight is 550 g/mol. The molecule has 2 amide bonds. The summed E-state index contributed by atoms with van der Waals surface area (Å²) in [6, 6.07) is 10.8. The van der Waals surface area contributed by atoms with Gasteiger partial charge in [0.1, 0.15) is 18.1 Å². The number of halogens is 1. The van der Waals surface area contributed by atoms with Gasteiger partial charge in [0.2, 0.25) is 5.91 Å². The van der Waals surface area contributed by atoms with E-state index >= 15 is 0 Å². The van der Waals surface area contributed by atoms with Crippen LogP contribution in [0.25, 0.3) is 0 Å². The van der Waals surface area contributed by atoms with Gasteiger partial charge in [-0.15, -0.1) is 0 Å². The van der Waals surface area contributed by atoms with Crippen molar-refractivity contribution < 1.29 is 33.4 Å². The van der Waals surface area contributed by atoms with Crippen LogP contribution in [0.1, 0.15) is 62.7 Å². The number of aliphatic hydroxyl groups excluding tert-OH is 1. The molecule has 2 aromatic rings. The van der Waals surface area contributed by atoms with Crippen molar-refractivity contribution in [2.75, 3.05) is 13.2 Å². The summed E-state index contributed by atoms with van der Waals surface area (Å²) >= 11 is 3.50. The molecule has 190 valence electrons. The predicted molar refractivity (Wildman–Crippen MR) is 131 cm³/mol. The molecule has 0 radical (unpaired) electrons. The van der Waals surface area contributed by atoms with Crippen LogP contribution in [-0.4, -0.2) is 47.2 Å². The fraction of sp³-hybridized carbons (Fsp3) is 0.500. The van der Waals surface area contributed by atoms with E-state index < -0.39 is 36.0 Å². The van der Waals surface area contributed by atoms with Gasteiger partial charge in [0.15, 0.2) is 6.10 Å². The zero-order chi connectivity index (χ0) is 25.4. The number of carbonyl (C=O) groups is 3. The highest BCUT2D eigenvalue weighted by Gasteiger charge is 2.43. The van der Waals surface area contributed by atoms with Crippen molar-refractivity contribution >= 4 is 33.9 Å². The van der Waals surface area contributed by atoms with Crippen molar-refractivity contribution in [2.45, 2.75) is 64.5 Å². The number of imide groups is 1. The highest BCUT2D eigenvalue weighted by atomic mass is 79.9. The molecule has 0 aliphatic carbocycles. The molecular weight excluding hydrogens is 518 g/mol. The number of nitrogens with zero attached hydrogens (tertiary/aromatic N) is 1. The first kappa shape index (κ1) is 26.9. The average Bonchev–Trinajstić information content (AvgIpc) is 3.38. The Balaban J connectivity index is 1.76. The molecule has 2 heterocycles. The maximum absolute atomic E-state index is 13.5. The second kappa shape index (κ2) is 12.9. The Labute approximate surface area is 213 Å². The molecule has 1 saturated heterocycles. The van der Waals surface area contributed by atoms with Gasteiger partial charge >= 0.3 is 12.1 Å². The predicted octanol–water partition coefficient (Wildman–Crippen LogP) is 4.97. The van der Waals surface area contributed by atoms with Gasteiger partial charge < -0.3 is 19.0 Å². The quantitative estimate of drug-likeness (QED) is 0.294. The maximum Gasteiger partial charge on any atom is 0.416 e. The van der Waals surface area contributed by atoms with Gasteiger partial charge in [-0.1, -0.05) is 43.2 Å². The lowest BCUT2D eigenvalue weighted by Gasteiger charge is -2.27. The molecule has 35 heavy (non-hydrogen) atoms.